The van der Waals surface area contributed by atoms with E-state index in [9.17, 15) is 9.90 Å². The molecule has 0 amide bonds. The number of carbonyl (C=O) groups excluding carboxylic acids is 1. The summed E-state index contributed by atoms with van der Waals surface area (Å²) in [4.78, 5) is 11.2. The van der Waals surface area contributed by atoms with Crippen LogP contribution in [-0.4, -0.2) is 42.7 Å². The molecule has 0 spiro atoms. The Labute approximate surface area is 196 Å². The van der Waals surface area contributed by atoms with E-state index in [1.54, 1.807) is 0 Å². The minimum atomic E-state index is -2.17. The Morgan fingerprint density at radius 2 is 1.45 bits per heavy atom. The number of aliphatic hydroxyl groups excluding tert-OH is 1. The van der Waals surface area contributed by atoms with Crippen molar-refractivity contribution >= 4 is 24.3 Å². The molecule has 0 aliphatic heterocycles. The number of ether oxygens (including phenoxy) is 1. The zero-order valence-corrected chi connectivity index (χ0v) is 23.7. The second-order valence-electron chi connectivity index (χ2n) is 8.74. The van der Waals surface area contributed by atoms with E-state index in [1.165, 1.54) is 58.9 Å². The summed E-state index contributed by atoms with van der Waals surface area (Å²) in [5.74, 6) is -0.215. The van der Waals surface area contributed by atoms with Gasteiger partial charge in [0.2, 0.25) is 0 Å². The third-order valence-electron chi connectivity index (χ3n) is 5.81. The number of methoxy groups -OCH3 is 1. The van der Waals surface area contributed by atoms with Crippen LogP contribution in [0.2, 0.25) is 13.3 Å². The summed E-state index contributed by atoms with van der Waals surface area (Å²) >= 11 is -2.17. The summed E-state index contributed by atoms with van der Waals surface area (Å²) in [5.41, 5.74) is 1.01. The van der Waals surface area contributed by atoms with Crippen LogP contribution in [0.5, 0.6) is 0 Å². The summed E-state index contributed by atoms with van der Waals surface area (Å²) in [6, 6.07) is 0. The van der Waals surface area contributed by atoms with Crippen LogP contribution in [0.25, 0.3) is 0 Å². The van der Waals surface area contributed by atoms with E-state index < -0.39 is 24.5 Å². The number of esters is 1. The van der Waals surface area contributed by atoms with E-state index in [1.807, 2.05) is 25.2 Å². The van der Waals surface area contributed by atoms with Gasteiger partial charge in [0.1, 0.15) is 0 Å². The molecule has 0 fully saturated rings. The normalized spacial score (nSPS) is 14.2. The molecule has 0 aromatic rings. The average molecular weight is 539 g/mol. The first kappa shape index (κ1) is 30.2. The molecule has 3 nitrogen and oxygen atoms in total. The average Bonchev–Trinajstić information content (AvgIpc) is 2.77. The molecule has 4 heteroatoms. The molecule has 0 aliphatic rings. The van der Waals surface area contributed by atoms with Crippen LogP contribution in [0.15, 0.2) is 46.1 Å². The molecule has 0 radical (unpaired) electrons. The molecule has 1 atom stereocenters. The molecule has 0 saturated heterocycles. The topological polar surface area (TPSA) is 46.5 Å². The summed E-state index contributed by atoms with van der Waals surface area (Å²) < 4.78 is 11.8. The predicted octanol–water partition coefficient (Wildman–Crippen LogP) is 7.69. The molecule has 1 N–H and O–H groups in total. The SMILES string of the molecule is CCC[CH2][Sn](/[CH]=C/C=C/C=C/C[C@H](O)/C=C(\C)CCC(=O)OC)([CH2]CCC)[CH2]CCC. The van der Waals surface area contributed by atoms with Crippen LogP contribution in [0.1, 0.15) is 85.5 Å². The molecule has 0 heterocycles. The quantitative estimate of drug-likeness (QED) is 0.0841. The van der Waals surface area contributed by atoms with E-state index in [4.69, 9.17) is 0 Å². The molecule has 0 bridgehead atoms. The van der Waals surface area contributed by atoms with Crippen molar-refractivity contribution < 1.29 is 14.6 Å². The van der Waals surface area contributed by atoms with Crippen molar-refractivity contribution in [3.05, 3.63) is 46.1 Å². The summed E-state index contributed by atoms with van der Waals surface area (Å²) in [5, 5.41) is 10.1. The van der Waals surface area contributed by atoms with Crippen LogP contribution in [-0.2, 0) is 9.53 Å². The van der Waals surface area contributed by atoms with Gasteiger partial charge in [-0.25, -0.2) is 0 Å². The van der Waals surface area contributed by atoms with Gasteiger partial charge in [-0.15, -0.1) is 0 Å². The van der Waals surface area contributed by atoms with Gasteiger partial charge in [-0.2, -0.15) is 0 Å². The molecular formula is C27H48O3Sn. The number of hydrogen-bond acceptors (Lipinski definition) is 3. The third kappa shape index (κ3) is 16.5. The van der Waals surface area contributed by atoms with E-state index in [-0.39, 0.29) is 5.97 Å². The first-order valence-electron chi connectivity index (χ1n) is 12.4. The number of carbonyl (C=O) groups is 1. The monoisotopic (exact) mass is 540 g/mol. The standard InChI is InChI=1S/C15H21O3.3C4H9.Sn/c1-4-5-6-7-8-9-14(16)12-13(2)10-11-15(17)18-3;3*1-3-4-2;/h1,4-8,12,14,16H,9-11H2,2-3H3;3*1,3-4H2,2H3;/b4-1?,6-5+,8-7+,13-12+;;;;/t14-;;;;/m0..../s1. The predicted molar refractivity (Wildman–Crippen MR) is 138 cm³/mol. The van der Waals surface area contributed by atoms with Crippen LogP contribution in [0, 0.1) is 0 Å². The van der Waals surface area contributed by atoms with Gasteiger partial charge < -0.3 is 4.74 Å². The van der Waals surface area contributed by atoms with Gasteiger partial charge in [-0.3, -0.25) is 4.79 Å². The van der Waals surface area contributed by atoms with Gasteiger partial charge in [0, 0.05) is 0 Å². The van der Waals surface area contributed by atoms with E-state index in [2.05, 4.69) is 47.8 Å². The van der Waals surface area contributed by atoms with Gasteiger partial charge in [0.25, 0.3) is 0 Å². The fraction of sp³-hybridized carbons (Fsp3) is 0.667. The maximum atomic E-state index is 11.2. The molecular weight excluding hydrogens is 491 g/mol. The Morgan fingerprint density at radius 3 is 1.97 bits per heavy atom. The molecule has 31 heavy (non-hydrogen) atoms. The summed E-state index contributed by atoms with van der Waals surface area (Å²) in [7, 11) is 1.40. The number of aliphatic hydroxyl groups is 1. The Balaban J connectivity index is 4.71. The zero-order chi connectivity index (χ0) is 23.4. The molecule has 178 valence electrons. The van der Waals surface area contributed by atoms with Crippen molar-refractivity contribution in [1.29, 1.82) is 0 Å². The van der Waals surface area contributed by atoms with Gasteiger partial charge in [0.05, 0.1) is 7.11 Å². The summed E-state index contributed by atoms with van der Waals surface area (Å²) in [6.07, 6.45) is 21.5. The van der Waals surface area contributed by atoms with Crippen molar-refractivity contribution in [3.8, 4) is 0 Å². The first-order chi connectivity index (χ1) is 14.9. The van der Waals surface area contributed by atoms with Gasteiger partial charge in [-0.1, -0.05) is 0 Å². The summed E-state index contributed by atoms with van der Waals surface area (Å²) in [6.45, 7) is 8.88. The molecule has 0 unspecified atom stereocenters. The molecule has 0 aromatic heterocycles. The fourth-order valence-electron chi connectivity index (χ4n) is 3.78. The number of hydrogen-bond donors (Lipinski definition) is 1. The molecule has 0 aliphatic carbocycles. The van der Waals surface area contributed by atoms with Crippen molar-refractivity contribution in [2.75, 3.05) is 7.11 Å². The fourth-order valence-corrected chi connectivity index (χ4v) is 17.9. The Hall–Kier alpha value is -0.811. The maximum absolute atomic E-state index is 11.2. The van der Waals surface area contributed by atoms with E-state index in [0.717, 1.165) is 5.57 Å². The number of allylic oxidation sites excluding steroid dienone is 5. The van der Waals surface area contributed by atoms with Crippen molar-refractivity contribution in [1.82, 2.24) is 0 Å². The van der Waals surface area contributed by atoms with Gasteiger partial charge >= 0.3 is 180 Å². The van der Waals surface area contributed by atoms with Crippen LogP contribution in [0.3, 0.4) is 0 Å². The van der Waals surface area contributed by atoms with Gasteiger partial charge in [0.15, 0.2) is 0 Å². The number of unbranched alkanes of at least 4 members (excludes halogenated alkanes) is 3. The molecule has 0 aromatic carbocycles. The van der Waals surface area contributed by atoms with Crippen molar-refractivity contribution in [3.63, 3.8) is 0 Å². The minimum absolute atomic E-state index is 0.215. The van der Waals surface area contributed by atoms with Crippen molar-refractivity contribution in [2.24, 2.45) is 0 Å². The van der Waals surface area contributed by atoms with Crippen molar-refractivity contribution in [2.45, 2.75) is 105 Å². The van der Waals surface area contributed by atoms with Gasteiger partial charge in [-0.05, 0) is 0 Å². The third-order valence-corrected chi connectivity index (χ3v) is 19.9. The second kappa shape index (κ2) is 19.8. The molecule has 0 saturated carbocycles. The number of rotatable bonds is 18. The Bertz CT molecular complexity index is 553. The van der Waals surface area contributed by atoms with Crippen LogP contribution < -0.4 is 0 Å². The van der Waals surface area contributed by atoms with E-state index in [0.29, 0.717) is 19.3 Å². The van der Waals surface area contributed by atoms with Crippen LogP contribution >= 0.6 is 0 Å². The Kier molecular flexibility index (Phi) is 19.3. The Morgan fingerprint density at radius 1 is 0.903 bits per heavy atom. The second-order valence-corrected chi connectivity index (χ2v) is 21.7. The van der Waals surface area contributed by atoms with E-state index >= 15 is 0 Å². The van der Waals surface area contributed by atoms with Crippen LogP contribution in [0.4, 0.5) is 0 Å². The zero-order valence-electron chi connectivity index (χ0n) is 20.9. The molecule has 0 rings (SSSR count). The first-order valence-corrected chi connectivity index (χ1v) is 20.1.